The largest absolute Gasteiger partial charge is 0.343 e. The van der Waals surface area contributed by atoms with Gasteiger partial charge in [0.1, 0.15) is 5.69 Å². The average molecular weight is 353 g/mol. The second kappa shape index (κ2) is 7.14. The summed E-state index contributed by atoms with van der Waals surface area (Å²) in [6.07, 6.45) is 9.99. The lowest BCUT2D eigenvalue weighted by Gasteiger charge is -2.32. The minimum Gasteiger partial charge on any atom is -0.343 e. The molecule has 3 aromatic heterocycles. The second-order valence-electron chi connectivity index (χ2n) is 6.27. The number of amides is 1. The molecular formula is C18H19N5OS. The molecule has 1 aliphatic rings. The molecule has 1 atom stereocenters. The Morgan fingerprint density at radius 2 is 2.36 bits per heavy atom. The Hall–Kier alpha value is -2.54. The van der Waals surface area contributed by atoms with Gasteiger partial charge in [-0.3, -0.25) is 9.78 Å². The lowest BCUT2D eigenvalue weighted by atomic mass is 9.93. The quantitative estimate of drug-likeness (QED) is 0.782. The van der Waals surface area contributed by atoms with Crippen LogP contribution in [0.15, 0.2) is 42.3 Å². The van der Waals surface area contributed by atoms with Gasteiger partial charge in [0.15, 0.2) is 5.82 Å². The predicted molar refractivity (Wildman–Crippen MR) is 96.3 cm³/mol. The Bertz CT molecular complexity index is 831. The zero-order valence-electron chi connectivity index (χ0n) is 13.8. The number of aromatic nitrogens is 4. The molecule has 1 saturated heterocycles. The topological polar surface area (TPSA) is 74.8 Å². The molecule has 4 rings (SSSR count). The summed E-state index contributed by atoms with van der Waals surface area (Å²) in [5.74, 6) is 1.29. The van der Waals surface area contributed by atoms with Crippen LogP contribution in [0.4, 0.5) is 0 Å². The third kappa shape index (κ3) is 3.61. The molecule has 1 N–H and O–H groups in total. The Balaban J connectivity index is 1.44. The summed E-state index contributed by atoms with van der Waals surface area (Å²) in [7, 11) is 0. The number of likely N-dealkylation sites (tertiary alicyclic amines) is 1. The second-order valence-corrected chi connectivity index (χ2v) is 7.22. The molecule has 1 amide bonds. The molecule has 1 fully saturated rings. The first-order valence-corrected chi connectivity index (χ1v) is 9.31. The van der Waals surface area contributed by atoms with Crippen LogP contribution in [0.1, 0.15) is 28.2 Å². The predicted octanol–water partition coefficient (Wildman–Crippen LogP) is 3.02. The third-order valence-corrected chi connectivity index (χ3v) is 5.32. The number of piperidine rings is 1. The van der Waals surface area contributed by atoms with E-state index in [9.17, 15) is 4.79 Å². The van der Waals surface area contributed by atoms with E-state index in [1.807, 2.05) is 28.6 Å². The molecule has 4 heterocycles. The van der Waals surface area contributed by atoms with Crippen molar-refractivity contribution in [2.45, 2.75) is 19.3 Å². The summed E-state index contributed by atoms with van der Waals surface area (Å²) in [5, 5.41) is 1.95. The number of thiophene rings is 1. The van der Waals surface area contributed by atoms with E-state index in [1.54, 1.807) is 18.6 Å². The van der Waals surface area contributed by atoms with E-state index in [1.165, 1.54) is 11.3 Å². The number of rotatable bonds is 4. The molecule has 0 aliphatic carbocycles. The number of hydrogen-bond acceptors (Lipinski definition) is 5. The molecule has 0 unspecified atom stereocenters. The van der Waals surface area contributed by atoms with Gasteiger partial charge in [0.25, 0.3) is 5.91 Å². The van der Waals surface area contributed by atoms with Crippen molar-refractivity contribution in [3.63, 3.8) is 0 Å². The van der Waals surface area contributed by atoms with Gasteiger partial charge in [0.2, 0.25) is 0 Å². The molecule has 0 bridgehead atoms. The SMILES string of the molecule is O=C(c1cccs1)N1CCC[C@H](Cc2cncc(-c3ncc[nH]3)n2)C1. The Morgan fingerprint density at radius 1 is 1.40 bits per heavy atom. The highest BCUT2D eigenvalue weighted by Gasteiger charge is 2.25. The highest BCUT2D eigenvalue weighted by Crippen LogP contribution is 2.23. The molecule has 7 heteroatoms. The van der Waals surface area contributed by atoms with E-state index in [0.29, 0.717) is 5.92 Å². The molecule has 0 saturated carbocycles. The highest BCUT2D eigenvalue weighted by atomic mass is 32.1. The first kappa shape index (κ1) is 16.0. The van der Waals surface area contributed by atoms with Gasteiger partial charge in [-0.25, -0.2) is 9.97 Å². The van der Waals surface area contributed by atoms with Crippen molar-refractivity contribution in [1.29, 1.82) is 0 Å². The van der Waals surface area contributed by atoms with Crippen LogP contribution < -0.4 is 0 Å². The maximum atomic E-state index is 12.6. The maximum absolute atomic E-state index is 12.6. The first-order chi connectivity index (χ1) is 12.3. The van der Waals surface area contributed by atoms with Gasteiger partial charge in [0, 0.05) is 31.7 Å². The maximum Gasteiger partial charge on any atom is 0.263 e. The van der Waals surface area contributed by atoms with Crippen LogP contribution in [0.2, 0.25) is 0 Å². The van der Waals surface area contributed by atoms with Gasteiger partial charge in [-0.2, -0.15) is 0 Å². The summed E-state index contributed by atoms with van der Waals surface area (Å²) < 4.78 is 0. The van der Waals surface area contributed by atoms with E-state index in [0.717, 1.165) is 54.4 Å². The number of H-pyrrole nitrogens is 1. The van der Waals surface area contributed by atoms with E-state index in [4.69, 9.17) is 0 Å². The molecule has 128 valence electrons. The van der Waals surface area contributed by atoms with Crippen LogP contribution in [0, 0.1) is 5.92 Å². The van der Waals surface area contributed by atoms with E-state index in [-0.39, 0.29) is 5.91 Å². The molecule has 25 heavy (non-hydrogen) atoms. The van der Waals surface area contributed by atoms with E-state index < -0.39 is 0 Å². The average Bonchev–Trinajstić information content (AvgIpc) is 3.35. The van der Waals surface area contributed by atoms with Crippen LogP contribution in [0.5, 0.6) is 0 Å². The molecular weight excluding hydrogens is 334 g/mol. The van der Waals surface area contributed by atoms with Gasteiger partial charge < -0.3 is 9.88 Å². The zero-order valence-corrected chi connectivity index (χ0v) is 14.6. The van der Waals surface area contributed by atoms with Crippen molar-refractivity contribution in [2.75, 3.05) is 13.1 Å². The summed E-state index contributed by atoms with van der Waals surface area (Å²) in [4.78, 5) is 31.6. The van der Waals surface area contributed by atoms with Gasteiger partial charge in [0.05, 0.1) is 16.8 Å². The van der Waals surface area contributed by atoms with E-state index in [2.05, 4.69) is 19.9 Å². The highest BCUT2D eigenvalue weighted by molar-refractivity contribution is 7.12. The first-order valence-electron chi connectivity index (χ1n) is 8.43. The van der Waals surface area contributed by atoms with Crippen molar-refractivity contribution in [2.24, 2.45) is 5.92 Å². The van der Waals surface area contributed by atoms with Crippen LogP contribution in [-0.2, 0) is 6.42 Å². The molecule has 0 radical (unpaired) electrons. The fraction of sp³-hybridized carbons (Fsp3) is 0.333. The fourth-order valence-electron chi connectivity index (χ4n) is 3.29. The molecule has 1 aliphatic heterocycles. The number of nitrogens with one attached hydrogen (secondary N) is 1. The fourth-order valence-corrected chi connectivity index (χ4v) is 3.98. The van der Waals surface area contributed by atoms with Crippen LogP contribution in [0.3, 0.4) is 0 Å². The van der Waals surface area contributed by atoms with Crippen molar-refractivity contribution in [3.05, 3.63) is 52.9 Å². The summed E-state index contributed by atoms with van der Waals surface area (Å²) >= 11 is 1.51. The number of carbonyl (C=O) groups excluding carboxylic acids is 1. The minimum absolute atomic E-state index is 0.148. The van der Waals surface area contributed by atoms with Crippen molar-refractivity contribution in [3.8, 4) is 11.5 Å². The summed E-state index contributed by atoms with van der Waals surface area (Å²) in [6.45, 7) is 1.62. The molecule has 6 nitrogen and oxygen atoms in total. The minimum atomic E-state index is 0.148. The van der Waals surface area contributed by atoms with Gasteiger partial charge in [-0.1, -0.05) is 6.07 Å². The number of aromatic amines is 1. The molecule has 0 spiro atoms. The van der Waals surface area contributed by atoms with Gasteiger partial charge >= 0.3 is 0 Å². The molecule has 0 aromatic carbocycles. The van der Waals surface area contributed by atoms with Crippen LogP contribution in [0.25, 0.3) is 11.5 Å². The van der Waals surface area contributed by atoms with Crippen molar-refractivity contribution in [1.82, 2.24) is 24.8 Å². The normalized spacial score (nSPS) is 17.6. The smallest absolute Gasteiger partial charge is 0.263 e. The van der Waals surface area contributed by atoms with Gasteiger partial charge in [-0.05, 0) is 36.6 Å². The Labute approximate surface area is 150 Å². The number of carbonyl (C=O) groups is 1. The third-order valence-electron chi connectivity index (χ3n) is 4.46. The lowest BCUT2D eigenvalue weighted by molar-refractivity contribution is 0.0677. The number of hydrogen-bond donors (Lipinski definition) is 1. The summed E-state index contributed by atoms with van der Waals surface area (Å²) in [6, 6.07) is 3.82. The van der Waals surface area contributed by atoms with Crippen LogP contribution in [-0.4, -0.2) is 43.8 Å². The Kier molecular flexibility index (Phi) is 4.56. The number of imidazole rings is 1. The monoisotopic (exact) mass is 353 g/mol. The van der Waals surface area contributed by atoms with E-state index >= 15 is 0 Å². The summed E-state index contributed by atoms with van der Waals surface area (Å²) in [5.41, 5.74) is 1.70. The Morgan fingerprint density at radius 3 is 3.16 bits per heavy atom. The van der Waals surface area contributed by atoms with Crippen LogP contribution >= 0.6 is 11.3 Å². The molecule has 3 aromatic rings. The lowest BCUT2D eigenvalue weighted by Crippen LogP contribution is -2.40. The number of nitrogens with zero attached hydrogens (tertiary/aromatic N) is 4. The van der Waals surface area contributed by atoms with Crippen molar-refractivity contribution < 1.29 is 4.79 Å². The standard InChI is InChI=1S/C18H19N5OS/c24-18(16-4-2-8-25-16)23-7-1-3-13(12-23)9-14-10-19-11-15(22-14)17-20-5-6-21-17/h2,4-6,8,10-11,13H,1,3,7,9,12H2,(H,20,21)/t13-/m1/s1. The zero-order chi connectivity index (χ0) is 17.1. The van der Waals surface area contributed by atoms with Gasteiger partial charge in [-0.15, -0.1) is 11.3 Å². The van der Waals surface area contributed by atoms with Crippen molar-refractivity contribution >= 4 is 17.2 Å².